The highest BCUT2D eigenvalue weighted by molar-refractivity contribution is 7.59. The number of likely N-dealkylation sites (tertiary alicyclic amines) is 3. The molecule has 38 heteroatoms. The van der Waals surface area contributed by atoms with Gasteiger partial charge in [-0.25, -0.2) is 37.1 Å². The summed E-state index contributed by atoms with van der Waals surface area (Å²) in [5.41, 5.74) is 9.85. The van der Waals surface area contributed by atoms with Crippen LogP contribution in [-0.4, -0.2) is 225 Å². The molecule has 6 aromatic carbocycles. The number of nitrogens with zero attached hydrogens (tertiary/aromatic N) is 5. The fourth-order valence-corrected chi connectivity index (χ4v) is 22.4. The number of carbonyl (C=O) groups is 10. The quantitative estimate of drug-likeness (QED) is 0.00777. The zero-order chi connectivity index (χ0) is 108. The number of aliphatic hydroxyl groups is 4. The van der Waals surface area contributed by atoms with Crippen molar-refractivity contribution in [3.05, 3.63) is 278 Å². The first kappa shape index (κ1) is 120. The second kappa shape index (κ2) is 55.5. The third-order valence-electron chi connectivity index (χ3n) is 29.2. The molecule has 10 fully saturated rings. The lowest BCUT2D eigenvalue weighted by Gasteiger charge is -2.38. The van der Waals surface area contributed by atoms with E-state index in [2.05, 4.69) is 126 Å². The van der Waals surface area contributed by atoms with Crippen molar-refractivity contribution in [1.29, 1.82) is 0 Å². The summed E-state index contributed by atoms with van der Waals surface area (Å²) in [7, 11) is 9.09. The summed E-state index contributed by atoms with van der Waals surface area (Å²) in [4.78, 5) is 136. The van der Waals surface area contributed by atoms with E-state index in [-0.39, 0.29) is 108 Å². The number of rotatable bonds is 17. The Labute approximate surface area is 877 Å². The van der Waals surface area contributed by atoms with Crippen molar-refractivity contribution in [2.75, 3.05) is 55.1 Å². The number of aromatic nitrogens is 1. The second-order valence-electron chi connectivity index (χ2n) is 38.7. The zero-order valence-corrected chi connectivity index (χ0v) is 87.8. The molecule has 6 heterocycles. The van der Waals surface area contributed by atoms with Crippen LogP contribution in [0.15, 0.2) is 210 Å². The number of piperidine rings is 2. The van der Waals surface area contributed by atoms with Gasteiger partial charge >= 0.3 is 41.9 Å². The van der Waals surface area contributed by atoms with Gasteiger partial charge in [0.25, 0.3) is 30.3 Å². The number of fused-ring (bicyclic) bond motifs is 22. The predicted molar refractivity (Wildman–Crippen MR) is 552 cm³/mol. The summed E-state index contributed by atoms with van der Waals surface area (Å²) in [6.07, 6.45) is 21.3. The van der Waals surface area contributed by atoms with E-state index in [1.165, 1.54) is 97.4 Å². The van der Waals surface area contributed by atoms with Gasteiger partial charge in [0.1, 0.15) is 53.0 Å². The fraction of sp³-hybridized carbons (Fsp3) is 0.473. The molecule has 9 aliphatic carbocycles. The standard InChI is InChI=1S/C23H21F3N2O3.C17H21NO2.C16H19NO2.C14H21NO4.C11H13NO2.C8H5NO2.C8H11N.C5H6.C4H8O4.C2H4O4.CH2Cl2.CH4O.H2S/c24-9-1-18(25)15(19(26)2-9)6-27-23(31)17-8-28-7-16-13-4-12(10-3-11(10)13)14(16)5-20(28)22(30)21(17)29;1-10(11-6-4-3-5-7-11)18-15-9-14(12-8-13(12)15)16(18)17(19)20-2;1-11(12-6-4-3-5-7-12)17-14-9-8-13(10-14)15(17)16(18)19-2;1-14(2,3)19-13(17)15-10-6-9(7-5-8(7)10)11(15)12(16)18-4;1-9(12-8-11(13)14-2)10-6-4-3-5-7-10;10-7-5-3-1-2-4-6(5)8(11)9-7;1-7(9)8-5-3-2-4-6-8;1-2-4-5-3-1;1-7-3(5)4(6)8-2;3-1(4)2(5)6;2-1-3;1-2;/h1-2,8,10-14,16,30H,3-7H2,(H,27,31);3-7,10,12-16H,8-9H2,1-2H3;3-9,11,13-15H,10H2,1-2H3;7-11H,5-6H2,1-4H3;3-9H,1-2H3;1-4H,(H,9,10,11);2-7H,9H2,1H3;1-4H,5H2;3,5H,1-2H3;1,3-4H,(H,5,6);1H2;2H,1H3;1H2/t10-,11+,12?,13?,14-,16-;10-,12+,13-,14?,15?,16+;11-,13+,14-,15+;7-,8+,9?,10?,11-;9-;;7-;;;;;;/m00010.0....../s1. The van der Waals surface area contributed by atoms with Gasteiger partial charge in [-0.3, -0.25) is 53.8 Å². The van der Waals surface area contributed by atoms with Gasteiger partial charge in [0.2, 0.25) is 5.43 Å². The molecule has 7 aromatic rings. The van der Waals surface area contributed by atoms with E-state index in [1.54, 1.807) is 29.2 Å². The van der Waals surface area contributed by atoms with Crippen LogP contribution in [0.3, 0.4) is 0 Å². The number of hydrogen-bond donors (Lipinski definition) is 9. The van der Waals surface area contributed by atoms with Gasteiger partial charge in [-0.2, -0.15) is 13.5 Å². The second-order valence-corrected chi connectivity index (χ2v) is 39.5. The summed E-state index contributed by atoms with van der Waals surface area (Å²) in [5.74, 6) is -0.479. The number of carboxylic acids is 1. The highest BCUT2D eigenvalue weighted by Crippen LogP contribution is 2.71. The fourth-order valence-electron chi connectivity index (χ4n) is 22.4. The van der Waals surface area contributed by atoms with E-state index >= 15 is 0 Å². The number of aliphatic hydroxyl groups excluding tert-OH is 3. The number of aromatic hydroxyl groups is 1. The number of esters is 5. The average molecular weight is 2120 g/mol. The molecule has 1 aromatic heterocycles. The summed E-state index contributed by atoms with van der Waals surface area (Å²) in [6, 6.07) is 49.7. The van der Waals surface area contributed by atoms with E-state index in [0.717, 1.165) is 62.0 Å². The van der Waals surface area contributed by atoms with Crippen molar-refractivity contribution in [1.82, 2.24) is 29.9 Å². The molecule has 3 saturated heterocycles. The number of pyridine rings is 1. The highest BCUT2D eigenvalue weighted by Gasteiger charge is 2.70. The number of ether oxygens (including phenoxy) is 7. The average Bonchev–Trinajstić information content (AvgIpc) is 1.54. The number of methoxy groups -OCH3 is 6. The molecule has 0 spiro atoms. The smallest absolute Gasteiger partial charge is 0.411 e. The lowest BCUT2D eigenvalue weighted by atomic mass is 9.74. The first-order valence-electron chi connectivity index (χ1n) is 48.8. The topological polar surface area (TPSA) is 451 Å². The van der Waals surface area contributed by atoms with Crippen LogP contribution in [0.5, 0.6) is 5.75 Å². The van der Waals surface area contributed by atoms with Crippen molar-refractivity contribution in [3.63, 3.8) is 0 Å². The Kier molecular flexibility index (Phi) is 44.9. The number of carbonyl (C=O) groups excluding carboxylic acids is 9. The van der Waals surface area contributed by atoms with Crippen LogP contribution in [0.4, 0.5) is 18.0 Å². The summed E-state index contributed by atoms with van der Waals surface area (Å²) < 4.78 is 75.7. The first-order chi connectivity index (χ1) is 70.2. The predicted octanol–water partition coefficient (Wildman–Crippen LogP) is 14.4. The SMILES string of the molecule is C1=CCC=C1.CO.COC(=O)C(O)OC.COC(=O)C=N[C@@H](C)c1ccccc1.COC(=O)[C@H]1C2CC([C@H]3C[C@@H]23)N1C(=O)OC(C)(C)C.COC(=O)[C@H]1C2CC([C@H]3C[C@@H]23)N1[C@@H](C)c1ccccc1.COC(=O)[C@H]1[C@@H]2C=C[C@@H](C2)N1[C@@H](C)c1ccccc1.C[C@H](N)c1ccccc1.ClCCl.O=C(NCc1c(F)cc(F)cc1F)c1cn2c(c(O)c1=O)C[C@H]1C3CC([C@@H]4C[C@H]34)[C@@H]1C2.O=C(O)C(O)O.O=C1NC(=O)c2ccccc21.S. The van der Waals surface area contributed by atoms with Crippen molar-refractivity contribution in [3.8, 4) is 5.75 Å². The minimum atomic E-state index is -2.23. The van der Waals surface area contributed by atoms with Gasteiger partial charge < -0.3 is 79.4 Å². The minimum Gasteiger partial charge on any atom is -0.503 e. The number of nitrogens with two attached hydrogens (primary N) is 1. The van der Waals surface area contributed by atoms with Gasteiger partial charge in [-0.05, 0) is 212 Å². The molecule has 5 aliphatic heterocycles. The molecule has 21 rings (SSSR count). The molecule has 24 atom stereocenters. The number of halogens is 5. The lowest BCUT2D eigenvalue weighted by molar-refractivity contribution is -0.174. The van der Waals surface area contributed by atoms with Crippen molar-refractivity contribution in [2.24, 2.45) is 87.7 Å². The Hall–Kier alpha value is -11.9. The number of benzene rings is 6. The number of allylic oxidation sites excluding steroid dienone is 4. The molecule has 4 amide bonds. The zero-order valence-electron chi connectivity index (χ0n) is 85.3. The number of carboxylic acid groups (broad SMARTS) is 1. The number of alkyl halides is 2. The number of amides is 4. The first-order valence-corrected chi connectivity index (χ1v) is 49.9. The Morgan fingerprint density at radius 2 is 1.00 bits per heavy atom. The summed E-state index contributed by atoms with van der Waals surface area (Å²) in [5, 5.41) is 53.4. The van der Waals surface area contributed by atoms with E-state index in [1.807, 2.05) is 124 Å². The van der Waals surface area contributed by atoms with Crippen molar-refractivity contribution < 1.29 is 125 Å². The molecule has 7 saturated carbocycles. The van der Waals surface area contributed by atoms with Crippen molar-refractivity contribution in [2.45, 2.75) is 198 Å². The molecular weight excluding hydrogens is 1980 g/mol. The van der Waals surface area contributed by atoms with Gasteiger partial charge in [0, 0.05) is 93.4 Å². The Balaban J connectivity index is 0.000000189. The maximum Gasteiger partial charge on any atom is 0.411 e. The summed E-state index contributed by atoms with van der Waals surface area (Å²) in [6.45, 7) is 13.9. The van der Waals surface area contributed by atoms with Crippen LogP contribution in [0.1, 0.15) is 189 Å². The van der Waals surface area contributed by atoms with Crippen LogP contribution < -0.4 is 21.8 Å². The number of aliphatic imine (C=N–C) groups is 1. The monoisotopic (exact) mass is 2110 g/mol. The third kappa shape index (κ3) is 29.8. The van der Waals surface area contributed by atoms with E-state index in [9.17, 15) is 71.0 Å². The molecule has 32 nitrogen and oxygen atoms in total. The number of aliphatic carboxylic acids is 1. The van der Waals surface area contributed by atoms with Crippen LogP contribution in [-0.2, 0) is 81.4 Å². The van der Waals surface area contributed by atoms with E-state index in [0.29, 0.717) is 101 Å². The normalized spacial score (nSPS) is 25.8. The largest absolute Gasteiger partial charge is 0.503 e. The Morgan fingerprint density at radius 3 is 1.45 bits per heavy atom. The third-order valence-corrected chi connectivity index (χ3v) is 29.2. The van der Waals surface area contributed by atoms with Gasteiger partial charge in [0.05, 0.1) is 63.8 Å². The molecule has 802 valence electrons. The van der Waals surface area contributed by atoms with Crippen LogP contribution in [0.2, 0.25) is 0 Å². The Morgan fingerprint density at radius 1 is 0.561 bits per heavy atom. The van der Waals surface area contributed by atoms with Crippen molar-refractivity contribution >= 4 is 103 Å². The van der Waals surface area contributed by atoms with Gasteiger partial charge in [-0.1, -0.05) is 170 Å². The van der Waals surface area contributed by atoms with Crippen LogP contribution in [0, 0.1) is 94.4 Å². The number of hydrogen-bond acceptors (Lipinski definition) is 27. The molecule has 8 bridgehead atoms. The number of nitrogens with one attached hydrogen (secondary N) is 2. The van der Waals surface area contributed by atoms with Crippen LogP contribution >= 0.6 is 36.7 Å². The molecule has 148 heavy (non-hydrogen) atoms. The number of imide groups is 1. The molecular formula is C110H137Cl2F3N8O24S. The molecule has 0 radical (unpaired) electrons. The van der Waals surface area contributed by atoms with Crippen LogP contribution in [0.25, 0.3) is 0 Å². The van der Waals surface area contributed by atoms with Gasteiger partial charge in [-0.15, -0.1) is 23.2 Å². The lowest BCUT2D eigenvalue weighted by Crippen LogP contribution is -2.51. The van der Waals surface area contributed by atoms with E-state index in [4.69, 9.17) is 73.4 Å². The molecule has 7 unspecified atom stereocenters. The summed E-state index contributed by atoms with van der Waals surface area (Å²) >= 11 is 9.53. The maximum absolute atomic E-state index is 13.8. The maximum atomic E-state index is 13.8. The molecule has 14 aliphatic rings. The van der Waals surface area contributed by atoms with Gasteiger partial charge in [0.15, 0.2) is 5.75 Å². The minimum absolute atomic E-state index is 0. The molecule has 10 N–H and O–H groups in total. The highest BCUT2D eigenvalue weighted by atomic mass is 35.5. The van der Waals surface area contributed by atoms with E-state index < -0.39 is 88.8 Å². The Bertz CT molecular complexity index is 5790.